The van der Waals surface area contributed by atoms with Crippen LogP contribution in [0.25, 0.3) is 0 Å². The van der Waals surface area contributed by atoms with Crippen LogP contribution in [-0.2, 0) is 24.3 Å². The number of aromatic nitrogens is 4. The predicted octanol–water partition coefficient (Wildman–Crippen LogP) is 1.15. The number of hydrogen-bond acceptors (Lipinski definition) is 5. The first kappa shape index (κ1) is 19.1. The SMILES string of the molecule is CCCCc1nn(CC(=O)N2CCN(c3ccccn3)CC2)c(=O)n1CC. The third kappa shape index (κ3) is 4.37. The molecule has 8 nitrogen and oxygen atoms in total. The molecule has 8 heteroatoms. The fraction of sp³-hybridized carbons (Fsp3) is 0.579. The van der Waals surface area contributed by atoms with Crippen LogP contribution in [0.3, 0.4) is 0 Å². The second-order valence-electron chi connectivity index (χ2n) is 6.76. The van der Waals surface area contributed by atoms with Gasteiger partial charge in [0.05, 0.1) is 0 Å². The van der Waals surface area contributed by atoms with Gasteiger partial charge in [0.25, 0.3) is 0 Å². The molecule has 1 amide bonds. The van der Waals surface area contributed by atoms with Crippen LogP contribution in [0.4, 0.5) is 5.82 Å². The lowest BCUT2D eigenvalue weighted by molar-refractivity contribution is -0.132. The van der Waals surface area contributed by atoms with E-state index in [2.05, 4.69) is 21.9 Å². The van der Waals surface area contributed by atoms with Gasteiger partial charge < -0.3 is 9.80 Å². The number of amides is 1. The summed E-state index contributed by atoms with van der Waals surface area (Å²) in [4.78, 5) is 33.5. The molecule has 146 valence electrons. The van der Waals surface area contributed by atoms with Crippen LogP contribution in [-0.4, -0.2) is 56.3 Å². The largest absolute Gasteiger partial charge is 0.353 e. The summed E-state index contributed by atoms with van der Waals surface area (Å²) >= 11 is 0. The summed E-state index contributed by atoms with van der Waals surface area (Å²) < 4.78 is 2.99. The lowest BCUT2D eigenvalue weighted by Crippen LogP contribution is -2.50. The predicted molar refractivity (Wildman–Crippen MR) is 104 cm³/mol. The molecule has 0 aromatic carbocycles. The Balaban J connectivity index is 1.61. The van der Waals surface area contributed by atoms with Crippen LogP contribution in [0, 0.1) is 0 Å². The van der Waals surface area contributed by atoms with Crippen molar-refractivity contribution in [2.45, 2.75) is 46.2 Å². The summed E-state index contributed by atoms with van der Waals surface area (Å²) in [6, 6.07) is 5.84. The van der Waals surface area contributed by atoms with Gasteiger partial charge in [-0.25, -0.2) is 14.5 Å². The second kappa shape index (κ2) is 8.83. The Morgan fingerprint density at radius 3 is 2.56 bits per heavy atom. The van der Waals surface area contributed by atoms with Crippen LogP contribution in [0.1, 0.15) is 32.5 Å². The van der Waals surface area contributed by atoms with Gasteiger partial charge in [0, 0.05) is 45.3 Å². The van der Waals surface area contributed by atoms with Gasteiger partial charge in [-0.2, -0.15) is 5.10 Å². The minimum Gasteiger partial charge on any atom is -0.353 e. The summed E-state index contributed by atoms with van der Waals surface area (Å²) in [7, 11) is 0. The molecule has 2 aromatic rings. The first-order chi connectivity index (χ1) is 13.1. The number of carbonyl (C=O) groups excluding carboxylic acids is 1. The molecule has 0 saturated carbocycles. The van der Waals surface area contributed by atoms with Crippen LogP contribution < -0.4 is 10.6 Å². The second-order valence-corrected chi connectivity index (χ2v) is 6.76. The van der Waals surface area contributed by atoms with E-state index in [0.717, 1.165) is 44.0 Å². The molecular formula is C19H28N6O2. The normalized spacial score (nSPS) is 14.6. The Labute approximate surface area is 159 Å². The maximum absolute atomic E-state index is 12.7. The summed E-state index contributed by atoms with van der Waals surface area (Å²) in [5, 5.41) is 4.41. The number of unbranched alkanes of at least 4 members (excludes halogenated alkanes) is 1. The summed E-state index contributed by atoms with van der Waals surface area (Å²) in [5.41, 5.74) is -0.191. The lowest BCUT2D eigenvalue weighted by atomic mass is 10.2. The van der Waals surface area contributed by atoms with Gasteiger partial charge in [0.2, 0.25) is 5.91 Å². The number of nitrogens with zero attached hydrogens (tertiary/aromatic N) is 6. The molecule has 1 aliphatic rings. The van der Waals surface area contributed by atoms with Crippen molar-refractivity contribution in [3.63, 3.8) is 0 Å². The standard InChI is InChI=1S/C19H28N6O2/c1-3-5-8-17-21-25(19(27)24(17)4-2)15-18(26)23-13-11-22(12-14-23)16-9-6-7-10-20-16/h6-7,9-10H,3-5,8,11-15H2,1-2H3. The third-order valence-corrected chi connectivity index (χ3v) is 4.96. The number of piperazine rings is 1. The number of anilines is 1. The molecule has 3 heterocycles. The molecule has 1 aliphatic heterocycles. The number of pyridine rings is 1. The van der Waals surface area contributed by atoms with Crippen molar-refractivity contribution >= 4 is 11.7 Å². The van der Waals surface area contributed by atoms with Gasteiger partial charge in [-0.05, 0) is 25.5 Å². The van der Waals surface area contributed by atoms with Gasteiger partial charge in [0.1, 0.15) is 18.2 Å². The molecule has 0 aliphatic carbocycles. The summed E-state index contributed by atoms with van der Waals surface area (Å²) in [5.74, 6) is 1.65. The van der Waals surface area contributed by atoms with Crippen molar-refractivity contribution in [2.75, 3.05) is 31.1 Å². The fourth-order valence-corrected chi connectivity index (χ4v) is 3.38. The number of hydrogen-bond donors (Lipinski definition) is 0. The van der Waals surface area contributed by atoms with E-state index in [1.165, 1.54) is 4.68 Å². The van der Waals surface area contributed by atoms with Crippen LogP contribution in [0.5, 0.6) is 0 Å². The van der Waals surface area contributed by atoms with Crippen molar-refractivity contribution in [3.05, 3.63) is 40.7 Å². The van der Waals surface area contributed by atoms with Crippen LogP contribution >= 0.6 is 0 Å². The van der Waals surface area contributed by atoms with Gasteiger partial charge in [-0.3, -0.25) is 9.36 Å². The molecule has 1 fully saturated rings. The Morgan fingerprint density at radius 1 is 1.15 bits per heavy atom. The Kier molecular flexibility index (Phi) is 6.26. The van der Waals surface area contributed by atoms with E-state index in [1.54, 1.807) is 10.8 Å². The number of rotatable bonds is 7. The Bertz CT molecular complexity index is 805. The molecule has 0 N–H and O–H groups in total. The topological polar surface area (TPSA) is 76.3 Å². The molecule has 2 aromatic heterocycles. The minimum atomic E-state index is -0.191. The molecule has 1 saturated heterocycles. The van der Waals surface area contributed by atoms with Gasteiger partial charge in [-0.15, -0.1) is 0 Å². The van der Waals surface area contributed by atoms with E-state index in [0.29, 0.717) is 19.6 Å². The Morgan fingerprint density at radius 2 is 1.93 bits per heavy atom. The highest BCUT2D eigenvalue weighted by Gasteiger charge is 2.23. The number of aryl methyl sites for hydroxylation is 1. The molecule has 3 rings (SSSR count). The zero-order valence-electron chi connectivity index (χ0n) is 16.2. The van der Waals surface area contributed by atoms with E-state index in [1.807, 2.05) is 30.0 Å². The van der Waals surface area contributed by atoms with Crippen molar-refractivity contribution in [3.8, 4) is 0 Å². The molecular weight excluding hydrogens is 344 g/mol. The van der Waals surface area contributed by atoms with Gasteiger partial charge in [0.15, 0.2) is 0 Å². The monoisotopic (exact) mass is 372 g/mol. The molecule has 0 bridgehead atoms. The first-order valence-corrected chi connectivity index (χ1v) is 9.74. The average Bonchev–Trinajstić information content (AvgIpc) is 3.01. The van der Waals surface area contributed by atoms with Crippen LogP contribution in [0.15, 0.2) is 29.2 Å². The molecule has 0 atom stereocenters. The minimum absolute atomic E-state index is 0.00848. The van der Waals surface area contributed by atoms with E-state index >= 15 is 0 Å². The zero-order valence-corrected chi connectivity index (χ0v) is 16.2. The molecule has 0 spiro atoms. The smallest absolute Gasteiger partial charge is 0.346 e. The van der Waals surface area contributed by atoms with Gasteiger partial charge >= 0.3 is 5.69 Å². The van der Waals surface area contributed by atoms with Crippen molar-refractivity contribution in [2.24, 2.45) is 0 Å². The quantitative estimate of drug-likeness (QED) is 0.729. The lowest BCUT2D eigenvalue weighted by Gasteiger charge is -2.35. The maximum Gasteiger partial charge on any atom is 0.346 e. The average molecular weight is 372 g/mol. The third-order valence-electron chi connectivity index (χ3n) is 4.96. The van der Waals surface area contributed by atoms with Crippen LogP contribution in [0.2, 0.25) is 0 Å². The highest BCUT2D eigenvalue weighted by molar-refractivity contribution is 5.76. The summed E-state index contributed by atoms with van der Waals surface area (Å²) in [6.45, 7) is 7.36. The molecule has 27 heavy (non-hydrogen) atoms. The molecule has 0 unspecified atom stereocenters. The van der Waals surface area contributed by atoms with E-state index in [9.17, 15) is 9.59 Å². The van der Waals surface area contributed by atoms with E-state index in [-0.39, 0.29) is 18.1 Å². The maximum atomic E-state index is 12.7. The van der Waals surface area contributed by atoms with Gasteiger partial charge in [-0.1, -0.05) is 19.4 Å². The Hall–Kier alpha value is -2.64. The van der Waals surface area contributed by atoms with Crippen molar-refractivity contribution < 1.29 is 4.79 Å². The molecule has 0 radical (unpaired) electrons. The highest BCUT2D eigenvalue weighted by Crippen LogP contribution is 2.12. The fourth-order valence-electron chi connectivity index (χ4n) is 3.38. The first-order valence-electron chi connectivity index (χ1n) is 9.74. The highest BCUT2D eigenvalue weighted by atomic mass is 16.2. The zero-order chi connectivity index (χ0) is 19.2. The van der Waals surface area contributed by atoms with E-state index < -0.39 is 0 Å². The van der Waals surface area contributed by atoms with Crippen molar-refractivity contribution in [1.82, 2.24) is 24.2 Å². The number of carbonyl (C=O) groups is 1. The summed E-state index contributed by atoms with van der Waals surface area (Å²) in [6.07, 6.45) is 4.58. The van der Waals surface area contributed by atoms with E-state index in [4.69, 9.17) is 0 Å². The van der Waals surface area contributed by atoms with Crippen molar-refractivity contribution in [1.29, 1.82) is 0 Å².